The van der Waals surface area contributed by atoms with Crippen molar-refractivity contribution < 1.29 is 4.74 Å². The molecule has 18 heavy (non-hydrogen) atoms. The number of nitrogens with one attached hydrogen (secondary N) is 1. The lowest BCUT2D eigenvalue weighted by Crippen LogP contribution is -2.64. The van der Waals surface area contributed by atoms with Gasteiger partial charge in [0, 0.05) is 13.1 Å². The molecule has 2 nitrogen and oxygen atoms in total. The summed E-state index contributed by atoms with van der Waals surface area (Å²) in [5.74, 6) is 1.56. The summed E-state index contributed by atoms with van der Waals surface area (Å²) in [6.45, 7) is 6.99. The first-order valence-electron chi connectivity index (χ1n) is 8.05. The quantitative estimate of drug-likeness (QED) is 0.711. The van der Waals surface area contributed by atoms with E-state index in [4.69, 9.17) is 4.74 Å². The first-order valence-corrected chi connectivity index (χ1v) is 8.05. The number of ether oxygens (including phenoxy) is 1. The number of hydrogen-bond donors (Lipinski definition) is 1. The molecule has 1 heterocycles. The van der Waals surface area contributed by atoms with Gasteiger partial charge >= 0.3 is 0 Å². The second-order valence-corrected chi connectivity index (χ2v) is 7.30. The molecule has 2 saturated carbocycles. The summed E-state index contributed by atoms with van der Waals surface area (Å²) in [6, 6.07) is 0. The monoisotopic (exact) mass is 251 g/mol. The van der Waals surface area contributed by atoms with Gasteiger partial charge in [-0.05, 0) is 37.5 Å². The smallest absolute Gasteiger partial charge is 0.0842 e. The van der Waals surface area contributed by atoms with Crippen LogP contribution in [-0.2, 0) is 4.74 Å². The highest BCUT2D eigenvalue weighted by molar-refractivity contribution is 5.02. The molecule has 3 atom stereocenters. The topological polar surface area (TPSA) is 21.3 Å². The van der Waals surface area contributed by atoms with E-state index >= 15 is 0 Å². The zero-order valence-electron chi connectivity index (χ0n) is 12.1. The van der Waals surface area contributed by atoms with Crippen LogP contribution in [-0.4, -0.2) is 24.3 Å². The van der Waals surface area contributed by atoms with Gasteiger partial charge in [-0.15, -0.1) is 0 Å². The minimum absolute atomic E-state index is 0.146. The zero-order valence-corrected chi connectivity index (χ0v) is 12.1. The Hall–Kier alpha value is -0.0800. The normalized spacial score (nSPS) is 44.3. The van der Waals surface area contributed by atoms with Crippen molar-refractivity contribution in [1.82, 2.24) is 5.32 Å². The van der Waals surface area contributed by atoms with E-state index in [-0.39, 0.29) is 11.2 Å². The SMILES string of the molecule is CC1CCC(C)C2(CNCC3(CCCCC3)O2)C1. The van der Waals surface area contributed by atoms with E-state index in [9.17, 15) is 0 Å². The third-order valence-corrected chi connectivity index (χ3v) is 5.74. The van der Waals surface area contributed by atoms with Crippen LogP contribution in [0.5, 0.6) is 0 Å². The van der Waals surface area contributed by atoms with Gasteiger partial charge in [-0.25, -0.2) is 0 Å². The molecular formula is C16H29NO. The molecule has 2 aliphatic carbocycles. The van der Waals surface area contributed by atoms with Crippen molar-refractivity contribution in [3.63, 3.8) is 0 Å². The second kappa shape index (κ2) is 4.79. The molecule has 0 aromatic carbocycles. The fourth-order valence-corrected chi connectivity index (χ4v) is 4.56. The summed E-state index contributed by atoms with van der Waals surface area (Å²) in [5, 5.41) is 3.73. The molecular weight excluding hydrogens is 222 g/mol. The van der Waals surface area contributed by atoms with E-state index in [2.05, 4.69) is 19.2 Å². The van der Waals surface area contributed by atoms with Gasteiger partial charge in [0.05, 0.1) is 11.2 Å². The Kier molecular flexibility index (Phi) is 3.44. The predicted molar refractivity (Wildman–Crippen MR) is 74.7 cm³/mol. The molecule has 2 heteroatoms. The van der Waals surface area contributed by atoms with Crippen LogP contribution >= 0.6 is 0 Å². The molecule has 2 spiro atoms. The molecule has 1 aliphatic heterocycles. The van der Waals surface area contributed by atoms with Crippen LogP contribution in [0.2, 0.25) is 0 Å². The van der Waals surface area contributed by atoms with Crippen molar-refractivity contribution in [2.45, 2.75) is 76.4 Å². The van der Waals surface area contributed by atoms with Crippen molar-refractivity contribution in [2.75, 3.05) is 13.1 Å². The van der Waals surface area contributed by atoms with Crippen LogP contribution in [0, 0.1) is 11.8 Å². The largest absolute Gasteiger partial charge is 0.366 e. The molecule has 0 aromatic heterocycles. The lowest BCUT2D eigenvalue weighted by molar-refractivity contribution is -0.226. The molecule has 3 rings (SSSR count). The van der Waals surface area contributed by atoms with Gasteiger partial charge < -0.3 is 10.1 Å². The van der Waals surface area contributed by atoms with Crippen LogP contribution in [0.15, 0.2) is 0 Å². The molecule has 0 amide bonds. The van der Waals surface area contributed by atoms with E-state index in [0.717, 1.165) is 24.9 Å². The summed E-state index contributed by atoms with van der Waals surface area (Å²) in [5.41, 5.74) is 0.328. The molecule has 0 bridgehead atoms. The zero-order chi connectivity index (χ0) is 12.6. The third-order valence-electron chi connectivity index (χ3n) is 5.74. The van der Waals surface area contributed by atoms with Crippen molar-refractivity contribution in [2.24, 2.45) is 11.8 Å². The number of hydrogen-bond acceptors (Lipinski definition) is 2. The Labute approximate surface area is 112 Å². The predicted octanol–water partition coefficient (Wildman–Crippen LogP) is 3.50. The number of morpholine rings is 1. The molecule has 1 saturated heterocycles. The Morgan fingerprint density at radius 3 is 2.56 bits per heavy atom. The highest BCUT2D eigenvalue weighted by atomic mass is 16.5. The molecule has 0 aromatic rings. The average Bonchev–Trinajstić information content (AvgIpc) is 2.35. The van der Waals surface area contributed by atoms with Crippen molar-refractivity contribution in [3.05, 3.63) is 0 Å². The van der Waals surface area contributed by atoms with Gasteiger partial charge in [0.15, 0.2) is 0 Å². The molecule has 3 unspecified atom stereocenters. The molecule has 1 N–H and O–H groups in total. The Morgan fingerprint density at radius 2 is 1.78 bits per heavy atom. The third kappa shape index (κ3) is 2.22. The molecule has 3 fully saturated rings. The maximum atomic E-state index is 6.86. The summed E-state index contributed by atoms with van der Waals surface area (Å²) < 4.78 is 6.86. The van der Waals surface area contributed by atoms with E-state index in [1.165, 1.54) is 51.4 Å². The van der Waals surface area contributed by atoms with E-state index < -0.39 is 0 Å². The van der Waals surface area contributed by atoms with Crippen LogP contribution < -0.4 is 5.32 Å². The molecule has 104 valence electrons. The Balaban J connectivity index is 1.79. The first-order chi connectivity index (χ1) is 8.64. The van der Waals surface area contributed by atoms with Crippen molar-refractivity contribution >= 4 is 0 Å². The minimum atomic E-state index is 0.146. The molecule has 0 radical (unpaired) electrons. The number of rotatable bonds is 0. The van der Waals surface area contributed by atoms with E-state index in [1.54, 1.807) is 0 Å². The minimum Gasteiger partial charge on any atom is -0.366 e. The highest BCUT2D eigenvalue weighted by Crippen LogP contribution is 2.46. The first kappa shape index (κ1) is 12.9. The lowest BCUT2D eigenvalue weighted by Gasteiger charge is -2.55. The second-order valence-electron chi connectivity index (χ2n) is 7.30. The maximum Gasteiger partial charge on any atom is 0.0842 e. The van der Waals surface area contributed by atoms with Crippen LogP contribution in [0.25, 0.3) is 0 Å². The van der Waals surface area contributed by atoms with Gasteiger partial charge in [-0.1, -0.05) is 39.5 Å². The van der Waals surface area contributed by atoms with Crippen LogP contribution in [0.4, 0.5) is 0 Å². The standard InChI is InChI=1S/C16H29NO/c1-13-6-7-14(2)16(10-13)12-17-11-15(18-16)8-4-3-5-9-15/h13-14,17H,3-12H2,1-2H3. The van der Waals surface area contributed by atoms with E-state index in [0.29, 0.717) is 0 Å². The Bertz CT molecular complexity index is 292. The summed E-state index contributed by atoms with van der Waals surface area (Å²) in [4.78, 5) is 0. The van der Waals surface area contributed by atoms with Gasteiger partial charge in [-0.3, -0.25) is 0 Å². The van der Waals surface area contributed by atoms with Crippen LogP contribution in [0.3, 0.4) is 0 Å². The lowest BCUT2D eigenvalue weighted by atomic mass is 9.69. The van der Waals surface area contributed by atoms with Gasteiger partial charge in [0.2, 0.25) is 0 Å². The maximum absolute atomic E-state index is 6.86. The summed E-state index contributed by atoms with van der Waals surface area (Å²) in [7, 11) is 0. The Morgan fingerprint density at radius 1 is 1.00 bits per heavy atom. The molecule has 3 aliphatic rings. The van der Waals surface area contributed by atoms with Gasteiger partial charge in [0.1, 0.15) is 0 Å². The highest BCUT2D eigenvalue weighted by Gasteiger charge is 2.50. The van der Waals surface area contributed by atoms with Gasteiger partial charge in [-0.2, -0.15) is 0 Å². The van der Waals surface area contributed by atoms with E-state index in [1.807, 2.05) is 0 Å². The van der Waals surface area contributed by atoms with Crippen molar-refractivity contribution in [1.29, 1.82) is 0 Å². The van der Waals surface area contributed by atoms with Crippen molar-refractivity contribution in [3.8, 4) is 0 Å². The summed E-state index contributed by atoms with van der Waals surface area (Å²) >= 11 is 0. The fourth-order valence-electron chi connectivity index (χ4n) is 4.56. The van der Waals surface area contributed by atoms with Gasteiger partial charge in [0.25, 0.3) is 0 Å². The summed E-state index contributed by atoms with van der Waals surface area (Å²) in [6.07, 6.45) is 10.7. The fraction of sp³-hybridized carbons (Fsp3) is 1.00. The average molecular weight is 251 g/mol. The van der Waals surface area contributed by atoms with Crippen LogP contribution in [0.1, 0.15) is 65.2 Å².